The molecule has 270 valence electrons. The van der Waals surface area contributed by atoms with Gasteiger partial charge in [0.1, 0.15) is 18.2 Å². The summed E-state index contributed by atoms with van der Waals surface area (Å²) in [5.74, 6) is -4.26. The number of halogens is 2. The van der Waals surface area contributed by atoms with Crippen LogP contribution in [-0.2, 0) is 25.7 Å². The number of hydrogen-bond donors (Lipinski definition) is 1. The van der Waals surface area contributed by atoms with Gasteiger partial charge in [-0.15, -0.1) is 0 Å². The zero-order valence-electron chi connectivity index (χ0n) is 28.9. The van der Waals surface area contributed by atoms with E-state index in [-0.39, 0.29) is 48.2 Å². The summed E-state index contributed by atoms with van der Waals surface area (Å²) >= 11 is 6.13. The zero-order valence-corrected chi connectivity index (χ0v) is 29.7. The van der Waals surface area contributed by atoms with E-state index in [1.807, 2.05) is 43.3 Å². The van der Waals surface area contributed by atoms with Crippen LogP contribution in [0.5, 0.6) is 5.75 Å². The van der Waals surface area contributed by atoms with Gasteiger partial charge in [0.2, 0.25) is 23.6 Å². The van der Waals surface area contributed by atoms with Crippen molar-refractivity contribution >= 4 is 40.9 Å². The molecule has 6 unspecified atom stereocenters. The second kappa shape index (κ2) is 13.5. The van der Waals surface area contributed by atoms with E-state index < -0.39 is 52.6 Å². The molecule has 0 bridgehead atoms. The molecule has 4 amide bonds. The maximum atomic E-state index is 14.6. The van der Waals surface area contributed by atoms with Crippen molar-refractivity contribution in [2.45, 2.75) is 51.1 Å². The SMILES string of the molecule is CC12C(=O)N(c3ccc(F)c(Cl)c3)C(=O)C1CC1C(=CCC3C(=O)N(C4CCN(Cc5ccccc5)CC4)C(=O)C31)C2c1ccc(OCCO)cc1. The molecule has 5 aliphatic rings. The number of benzene rings is 3. The number of carbonyl (C=O) groups excluding carboxylic acids is 4. The third-order valence-corrected chi connectivity index (χ3v) is 12.5. The first kappa shape index (κ1) is 34.7. The number of aliphatic hydroxyl groups is 1. The number of ether oxygens (including phenoxy) is 1. The van der Waals surface area contributed by atoms with Gasteiger partial charge in [0, 0.05) is 31.6 Å². The van der Waals surface area contributed by atoms with E-state index in [4.69, 9.17) is 16.3 Å². The molecule has 1 saturated carbocycles. The number of hydrogen-bond acceptors (Lipinski definition) is 7. The number of anilines is 1. The lowest BCUT2D eigenvalue weighted by atomic mass is 9.51. The number of rotatable bonds is 8. The third-order valence-electron chi connectivity index (χ3n) is 12.2. The van der Waals surface area contributed by atoms with Gasteiger partial charge in [-0.3, -0.25) is 29.0 Å². The maximum Gasteiger partial charge on any atom is 0.241 e. The summed E-state index contributed by atoms with van der Waals surface area (Å²) in [6.07, 6.45) is 4.05. The Labute approximate surface area is 307 Å². The number of allylic oxidation sites excluding steroid dienone is 2. The molecule has 4 fully saturated rings. The predicted molar refractivity (Wildman–Crippen MR) is 192 cm³/mol. The molecule has 3 aromatic rings. The minimum Gasteiger partial charge on any atom is -0.491 e. The number of piperidine rings is 1. The molecule has 0 radical (unpaired) electrons. The first-order valence-electron chi connectivity index (χ1n) is 18.1. The molecular weight excluding hydrogens is 685 g/mol. The number of nitrogens with zero attached hydrogens (tertiary/aromatic N) is 3. The molecule has 1 N–H and O–H groups in total. The van der Waals surface area contributed by atoms with Gasteiger partial charge in [-0.05, 0) is 80.0 Å². The fourth-order valence-corrected chi connectivity index (χ4v) is 9.92. The normalized spacial score (nSPS) is 29.2. The maximum absolute atomic E-state index is 14.6. The van der Waals surface area contributed by atoms with Crippen LogP contribution >= 0.6 is 11.6 Å². The smallest absolute Gasteiger partial charge is 0.241 e. The Balaban J connectivity index is 1.12. The number of imide groups is 2. The van der Waals surface area contributed by atoms with Crippen molar-refractivity contribution in [3.8, 4) is 5.75 Å². The van der Waals surface area contributed by atoms with Crippen molar-refractivity contribution in [3.63, 3.8) is 0 Å². The average Bonchev–Trinajstić information content (AvgIpc) is 3.52. The number of likely N-dealkylation sites (tertiary alicyclic amines) is 2. The van der Waals surface area contributed by atoms with Crippen LogP contribution in [0.2, 0.25) is 5.02 Å². The van der Waals surface area contributed by atoms with Gasteiger partial charge in [-0.25, -0.2) is 9.29 Å². The first-order valence-corrected chi connectivity index (χ1v) is 18.5. The molecule has 0 spiro atoms. The van der Waals surface area contributed by atoms with Crippen molar-refractivity contribution in [2.75, 3.05) is 31.2 Å². The Kier molecular flexibility index (Phi) is 9.04. The van der Waals surface area contributed by atoms with E-state index in [1.165, 1.54) is 22.6 Å². The zero-order chi connectivity index (χ0) is 36.3. The topological polar surface area (TPSA) is 107 Å². The fraction of sp³-hybridized carbons (Fsp3) is 0.415. The van der Waals surface area contributed by atoms with Gasteiger partial charge in [-0.1, -0.05) is 65.7 Å². The van der Waals surface area contributed by atoms with Crippen LogP contribution in [0.25, 0.3) is 0 Å². The Morgan fingerprint density at radius 3 is 2.35 bits per heavy atom. The second-order valence-electron chi connectivity index (χ2n) is 14.9. The lowest BCUT2D eigenvalue weighted by Crippen LogP contribution is -2.49. The molecule has 3 aliphatic heterocycles. The number of aliphatic hydroxyl groups excluding tert-OH is 1. The summed E-state index contributed by atoms with van der Waals surface area (Å²) in [6, 6.07) is 21.2. The molecule has 2 aliphatic carbocycles. The summed E-state index contributed by atoms with van der Waals surface area (Å²) in [4.78, 5) is 62.8. The molecular formula is C41H41ClFN3O6. The average molecular weight is 726 g/mol. The van der Waals surface area contributed by atoms with Crippen LogP contribution in [0.1, 0.15) is 49.7 Å². The van der Waals surface area contributed by atoms with Gasteiger partial charge in [0.05, 0.1) is 40.5 Å². The molecule has 0 aromatic heterocycles. The predicted octanol–water partition coefficient (Wildman–Crippen LogP) is 5.75. The Hall–Kier alpha value is -4.38. The summed E-state index contributed by atoms with van der Waals surface area (Å²) in [7, 11) is 0. The second-order valence-corrected chi connectivity index (χ2v) is 15.3. The van der Waals surface area contributed by atoms with E-state index >= 15 is 0 Å². The Bertz CT molecular complexity index is 1950. The van der Waals surface area contributed by atoms with Crippen LogP contribution in [0.15, 0.2) is 84.4 Å². The monoisotopic (exact) mass is 725 g/mol. The summed E-state index contributed by atoms with van der Waals surface area (Å²) in [6.45, 7) is 4.17. The first-order chi connectivity index (χ1) is 25.1. The molecule has 3 aromatic carbocycles. The van der Waals surface area contributed by atoms with Crippen molar-refractivity contribution in [2.24, 2.45) is 29.1 Å². The standard InChI is InChI=1S/C41H41ClFN3O6/c1-41-32(38(49)46(40(41)51)27-9-14-34(43)33(42)21-27)22-31-29(36(41)25-7-10-28(11-8-25)52-20-19-47)12-13-30-35(31)39(50)45(37(30)48)26-15-17-44(18-16-26)23-24-5-3-2-4-6-24/h2-12,14,21,26,30-32,35-36,47H,13,15-20,22-23H2,1H3. The fourth-order valence-electron chi connectivity index (χ4n) is 9.75. The number of carbonyl (C=O) groups is 4. The molecule has 8 rings (SSSR count). The van der Waals surface area contributed by atoms with Crippen LogP contribution in [-0.4, -0.2) is 70.9 Å². The molecule has 6 atom stereocenters. The van der Waals surface area contributed by atoms with Gasteiger partial charge < -0.3 is 9.84 Å². The quantitative estimate of drug-likeness (QED) is 0.233. The van der Waals surface area contributed by atoms with Crippen molar-refractivity contribution < 1.29 is 33.4 Å². The summed E-state index contributed by atoms with van der Waals surface area (Å²) < 4.78 is 19.8. The molecule has 3 saturated heterocycles. The van der Waals surface area contributed by atoms with Gasteiger partial charge in [0.25, 0.3) is 0 Å². The Morgan fingerprint density at radius 2 is 1.65 bits per heavy atom. The van der Waals surface area contributed by atoms with E-state index in [0.717, 1.165) is 41.7 Å². The highest BCUT2D eigenvalue weighted by atomic mass is 35.5. The minimum absolute atomic E-state index is 0.125. The van der Waals surface area contributed by atoms with Gasteiger partial charge in [-0.2, -0.15) is 0 Å². The van der Waals surface area contributed by atoms with Gasteiger partial charge >= 0.3 is 0 Å². The highest BCUT2D eigenvalue weighted by Gasteiger charge is 2.67. The van der Waals surface area contributed by atoms with E-state index in [0.29, 0.717) is 25.0 Å². The number of fused-ring (bicyclic) bond motifs is 4. The van der Waals surface area contributed by atoms with Crippen molar-refractivity contribution in [1.82, 2.24) is 9.80 Å². The third kappa shape index (κ3) is 5.58. The molecule has 52 heavy (non-hydrogen) atoms. The van der Waals surface area contributed by atoms with Crippen molar-refractivity contribution in [1.29, 1.82) is 0 Å². The van der Waals surface area contributed by atoms with Crippen LogP contribution in [0, 0.1) is 34.9 Å². The molecule has 9 nitrogen and oxygen atoms in total. The lowest BCUT2D eigenvalue weighted by Gasteiger charge is -2.49. The van der Waals surface area contributed by atoms with Gasteiger partial charge in [0.15, 0.2) is 0 Å². The van der Waals surface area contributed by atoms with E-state index in [9.17, 15) is 28.7 Å². The van der Waals surface area contributed by atoms with Crippen LogP contribution in [0.4, 0.5) is 10.1 Å². The highest BCUT2D eigenvalue weighted by Crippen LogP contribution is 2.63. The summed E-state index contributed by atoms with van der Waals surface area (Å²) in [5, 5.41) is 9.05. The minimum atomic E-state index is -1.24. The van der Waals surface area contributed by atoms with Crippen LogP contribution in [0.3, 0.4) is 0 Å². The molecule has 11 heteroatoms. The summed E-state index contributed by atoms with van der Waals surface area (Å²) in [5.41, 5.74) is 1.85. The van der Waals surface area contributed by atoms with E-state index in [1.54, 1.807) is 12.1 Å². The van der Waals surface area contributed by atoms with E-state index in [2.05, 4.69) is 17.0 Å². The largest absolute Gasteiger partial charge is 0.491 e. The number of amides is 4. The lowest BCUT2D eigenvalue weighted by molar-refractivity contribution is -0.144. The highest BCUT2D eigenvalue weighted by molar-refractivity contribution is 6.31. The van der Waals surface area contributed by atoms with Crippen LogP contribution < -0.4 is 9.64 Å². The Morgan fingerprint density at radius 1 is 0.923 bits per heavy atom. The van der Waals surface area contributed by atoms with Crippen molar-refractivity contribution in [3.05, 3.63) is 106 Å². The molecule has 3 heterocycles.